The van der Waals surface area contributed by atoms with Crippen LogP contribution in [0.1, 0.15) is 22.8 Å². The minimum Gasteiger partial charge on any atom is -0.457 e. The van der Waals surface area contributed by atoms with Crippen LogP contribution in [0.4, 0.5) is 5.69 Å². The minimum atomic E-state index is -0.443. The number of Topliss-reactive ketones (excluding diaryl/α,β-unsaturated/α-hetero) is 1. The Kier molecular flexibility index (Phi) is 3.79. The fourth-order valence-corrected chi connectivity index (χ4v) is 1.80. The van der Waals surface area contributed by atoms with Crippen LogP contribution in [-0.4, -0.2) is 10.7 Å². The number of benzene rings is 2. The SMILES string of the molecule is CC(=O)c1ccc(Oc2cccc([N+](=O)[O-])c2C)cc1. The van der Waals surface area contributed by atoms with E-state index in [1.54, 1.807) is 43.3 Å². The number of carbonyl (C=O) groups is 1. The second kappa shape index (κ2) is 5.52. The van der Waals surface area contributed by atoms with E-state index in [0.717, 1.165) is 0 Å². The molecule has 0 aliphatic rings. The molecule has 0 saturated carbocycles. The summed E-state index contributed by atoms with van der Waals surface area (Å²) in [6.07, 6.45) is 0. The molecule has 0 heterocycles. The molecule has 2 rings (SSSR count). The third kappa shape index (κ3) is 2.83. The monoisotopic (exact) mass is 271 g/mol. The summed E-state index contributed by atoms with van der Waals surface area (Å²) in [5.41, 5.74) is 1.07. The van der Waals surface area contributed by atoms with E-state index in [2.05, 4.69) is 0 Å². The molecule has 0 bridgehead atoms. The summed E-state index contributed by atoms with van der Waals surface area (Å²) >= 11 is 0. The van der Waals surface area contributed by atoms with E-state index in [1.165, 1.54) is 13.0 Å². The van der Waals surface area contributed by atoms with Gasteiger partial charge in [0.2, 0.25) is 0 Å². The highest BCUT2D eigenvalue weighted by Gasteiger charge is 2.14. The topological polar surface area (TPSA) is 69.4 Å². The summed E-state index contributed by atoms with van der Waals surface area (Å²) in [7, 11) is 0. The molecule has 0 aliphatic carbocycles. The van der Waals surface area contributed by atoms with Gasteiger partial charge in [-0.3, -0.25) is 14.9 Å². The normalized spacial score (nSPS) is 10.1. The fourth-order valence-electron chi connectivity index (χ4n) is 1.80. The van der Waals surface area contributed by atoms with E-state index in [4.69, 9.17) is 4.74 Å². The number of ether oxygens (including phenoxy) is 1. The lowest BCUT2D eigenvalue weighted by molar-refractivity contribution is -0.385. The molecule has 0 saturated heterocycles. The molecule has 20 heavy (non-hydrogen) atoms. The van der Waals surface area contributed by atoms with Crippen molar-refractivity contribution in [1.82, 2.24) is 0 Å². The maximum atomic E-state index is 11.2. The predicted octanol–water partition coefficient (Wildman–Crippen LogP) is 3.90. The second-order valence-electron chi connectivity index (χ2n) is 4.34. The highest BCUT2D eigenvalue weighted by atomic mass is 16.6. The van der Waals surface area contributed by atoms with E-state index in [1.807, 2.05) is 0 Å². The molecule has 2 aromatic carbocycles. The van der Waals surface area contributed by atoms with Crippen LogP contribution in [0.15, 0.2) is 42.5 Å². The third-order valence-corrected chi connectivity index (χ3v) is 2.94. The number of nitro groups is 1. The van der Waals surface area contributed by atoms with Crippen LogP contribution in [0.5, 0.6) is 11.5 Å². The van der Waals surface area contributed by atoms with Crippen molar-refractivity contribution in [3.63, 3.8) is 0 Å². The molecule has 2 aromatic rings. The lowest BCUT2D eigenvalue weighted by Gasteiger charge is -2.09. The van der Waals surface area contributed by atoms with Crippen LogP contribution >= 0.6 is 0 Å². The molecule has 0 amide bonds. The number of carbonyl (C=O) groups excluding carboxylic acids is 1. The van der Waals surface area contributed by atoms with Crippen molar-refractivity contribution in [2.45, 2.75) is 13.8 Å². The summed E-state index contributed by atoms with van der Waals surface area (Å²) in [4.78, 5) is 21.6. The Morgan fingerprint density at radius 2 is 1.80 bits per heavy atom. The molecule has 0 unspecified atom stereocenters. The zero-order valence-electron chi connectivity index (χ0n) is 11.1. The Balaban J connectivity index is 2.28. The van der Waals surface area contributed by atoms with Crippen molar-refractivity contribution in [3.05, 3.63) is 63.7 Å². The van der Waals surface area contributed by atoms with E-state index >= 15 is 0 Å². The molecular weight excluding hydrogens is 258 g/mol. The summed E-state index contributed by atoms with van der Waals surface area (Å²) in [5.74, 6) is 0.927. The molecule has 5 nitrogen and oxygen atoms in total. The molecular formula is C15H13NO4. The van der Waals surface area contributed by atoms with Gasteiger partial charge in [0, 0.05) is 11.6 Å². The molecule has 0 atom stereocenters. The zero-order chi connectivity index (χ0) is 14.7. The van der Waals surface area contributed by atoms with Crippen LogP contribution in [0.25, 0.3) is 0 Å². The van der Waals surface area contributed by atoms with Gasteiger partial charge >= 0.3 is 0 Å². The average molecular weight is 271 g/mol. The fraction of sp³-hybridized carbons (Fsp3) is 0.133. The predicted molar refractivity (Wildman–Crippen MR) is 74.4 cm³/mol. The van der Waals surface area contributed by atoms with Gasteiger partial charge in [-0.15, -0.1) is 0 Å². The zero-order valence-corrected chi connectivity index (χ0v) is 11.1. The largest absolute Gasteiger partial charge is 0.457 e. The Bertz CT molecular complexity index is 662. The summed E-state index contributed by atoms with van der Waals surface area (Å²) in [6, 6.07) is 11.3. The first kappa shape index (κ1) is 13.7. The van der Waals surface area contributed by atoms with Crippen molar-refractivity contribution in [3.8, 4) is 11.5 Å². The molecule has 0 aliphatic heterocycles. The van der Waals surface area contributed by atoms with Crippen LogP contribution in [0, 0.1) is 17.0 Å². The molecule has 0 radical (unpaired) electrons. The van der Waals surface area contributed by atoms with Crippen LogP contribution in [0.2, 0.25) is 0 Å². The van der Waals surface area contributed by atoms with E-state index in [9.17, 15) is 14.9 Å². The Labute approximate surface area is 116 Å². The Morgan fingerprint density at radius 3 is 2.35 bits per heavy atom. The van der Waals surface area contributed by atoms with Crippen molar-refractivity contribution in [2.75, 3.05) is 0 Å². The van der Waals surface area contributed by atoms with Crippen molar-refractivity contribution >= 4 is 11.5 Å². The van der Waals surface area contributed by atoms with E-state index < -0.39 is 4.92 Å². The average Bonchev–Trinajstić information content (AvgIpc) is 2.41. The summed E-state index contributed by atoms with van der Waals surface area (Å²) < 4.78 is 5.62. The molecule has 0 aromatic heterocycles. The van der Waals surface area contributed by atoms with Gasteiger partial charge in [0.25, 0.3) is 5.69 Å². The van der Waals surface area contributed by atoms with Gasteiger partial charge in [-0.1, -0.05) is 6.07 Å². The van der Waals surface area contributed by atoms with Gasteiger partial charge in [-0.25, -0.2) is 0 Å². The van der Waals surface area contributed by atoms with Gasteiger partial charge in [0.05, 0.1) is 10.5 Å². The van der Waals surface area contributed by atoms with Crippen molar-refractivity contribution < 1.29 is 14.5 Å². The lowest BCUT2D eigenvalue weighted by atomic mass is 10.1. The molecule has 0 spiro atoms. The molecule has 0 fully saturated rings. The van der Waals surface area contributed by atoms with Gasteiger partial charge in [-0.05, 0) is 44.2 Å². The summed E-state index contributed by atoms with van der Waals surface area (Å²) in [5, 5.41) is 10.9. The first-order valence-corrected chi connectivity index (χ1v) is 6.02. The number of ketones is 1. The molecule has 102 valence electrons. The first-order chi connectivity index (χ1) is 9.49. The highest BCUT2D eigenvalue weighted by Crippen LogP contribution is 2.30. The Hall–Kier alpha value is -2.69. The first-order valence-electron chi connectivity index (χ1n) is 6.02. The number of nitro benzene ring substituents is 1. The second-order valence-corrected chi connectivity index (χ2v) is 4.34. The number of hydrogen-bond donors (Lipinski definition) is 0. The highest BCUT2D eigenvalue weighted by molar-refractivity contribution is 5.94. The minimum absolute atomic E-state index is 0.0165. The quantitative estimate of drug-likeness (QED) is 0.480. The third-order valence-electron chi connectivity index (χ3n) is 2.94. The standard InChI is InChI=1S/C15H13NO4/c1-10-14(16(18)19)4-3-5-15(10)20-13-8-6-12(7-9-13)11(2)17/h3-9H,1-2H3. The van der Waals surface area contributed by atoms with Crippen LogP contribution in [0.3, 0.4) is 0 Å². The Morgan fingerprint density at radius 1 is 1.15 bits per heavy atom. The summed E-state index contributed by atoms with van der Waals surface area (Å²) in [6.45, 7) is 3.12. The van der Waals surface area contributed by atoms with Gasteiger partial charge in [-0.2, -0.15) is 0 Å². The number of nitrogens with zero attached hydrogens (tertiary/aromatic N) is 1. The maximum Gasteiger partial charge on any atom is 0.276 e. The molecule has 0 N–H and O–H groups in total. The van der Waals surface area contributed by atoms with Crippen molar-refractivity contribution in [2.24, 2.45) is 0 Å². The number of hydrogen-bond acceptors (Lipinski definition) is 4. The maximum absolute atomic E-state index is 11.2. The van der Waals surface area contributed by atoms with E-state index in [-0.39, 0.29) is 11.5 Å². The smallest absolute Gasteiger partial charge is 0.276 e. The van der Waals surface area contributed by atoms with Crippen LogP contribution in [-0.2, 0) is 0 Å². The van der Waals surface area contributed by atoms with Crippen LogP contribution < -0.4 is 4.74 Å². The lowest BCUT2D eigenvalue weighted by Crippen LogP contribution is -1.95. The van der Waals surface area contributed by atoms with Crippen molar-refractivity contribution in [1.29, 1.82) is 0 Å². The number of rotatable bonds is 4. The van der Waals surface area contributed by atoms with Gasteiger partial charge in [0.15, 0.2) is 5.78 Å². The molecule has 5 heteroatoms. The van der Waals surface area contributed by atoms with Gasteiger partial charge in [0.1, 0.15) is 11.5 Å². The van der Waals surface area contributed by atoms with E-state index in [0.29, 0.717) is 22.6 Å². The van der Waals surface area contributed by atoms with Gasteiger partial charge < -0.3 is 4.74 Å².